The quantitative estimate of drug-likeness (QED) is 0.432. The fraction of sp³-hybridized carbons (Fsp3) is 0.781. The van der Waals surface area contributed by atoms with Crippen molar-refractivity contribution in [2.75, 3.05) is 20.8 Å². The SMILES string of the molecule is C.C.CC[C@@H]1C[C@@]12O[C@@H](OC)C1OC(C)(C)O[C@H]12.CO[C@@H]1O[C@@]2(C[C@H]2CO)[C@@H]2OC(C)(C)OC12.O=C(Cl)c1ccccc1. The van der Waals surface area contributed by atoms with Crippen LogP contribution in [0.3, 0.4) is 0 Å². The Kier molecular flexibility index (Phi) is 11.2. The monoisotopic (exact) mass is 630 g/mol. The first kappa shape index (κ1) is 36.3. The maximum Gasteiger partial charge on any atom is 0.252 e. The van der Waals surface area contributed by atoms with Gasteiger partial charge in [-0.25, -0.2) is 0 Å². The van der Waals surface area contributed by atoms with Crippen molar-refractivity contribution < 1.29 is 47.8 Å². The molecule has 2 saturated carbocycles. The van der Waals surface area contributed by atoms with Crippen LogP contribution in [0.25, 0.3) is 0 Å². The predicted molar refractivity (Wildman–Crippen MR) is 161 cm³/mol. The molecule has 0 aromatic heterocycles. The summed E-state index contributed by atoms with van der Waals surface area (Å²) in [6.45, 7) is 10.0. The molecule has 6 fully saturated rings. The van der Waals surface area contributed by atoms with Gasteiger partial charge in [-0.1, -0.05) is 58.5 Å². The number of carbonyl (C=O) groups is 1. The van der Waals surface area contributed by atoms with Crippen LogP contribution < -0.4 is 0 Å². The summed E-state index contributed by atoms with van der Waals surface area (Å²) in [7, 11) is 3.27. The van der Waals surface area contributed by atoms with Gasteiger partial charge in [0.05, 0.1) is 0 Å². The molecule has 4 heterocycles. The van der Waals surface area contributed by atoms with Crippen molar-refractivity contribution in [1.29, 1.82) is 0 Å². The normalized spacial score (nSPS) is 41.5. The van der Waals surface area contributed by atoms with E-state index < -0.39 is 16.8 Å². The summed E-state index contributed by atoms with van der Waals surface area (Å²) in [4.78, 5) is 10.4. The van der Waals surface area contributed by atoms with E-state index in [1.807, 2.05) is 33.8 Å². The smallest absolute Gasteiger partial charge is 0.252 e. The molecule has 1 aromatic rings. The van der Waals surface area contributed by atoms with Crippen LogP contribution in [0.15, 0.2) is 30.3 Å². The summed E-state index contributed by atoms with van der Waals surface area (Å²) in [6.07, 6.45) is 2.03. The van der Waals surface area contributed by atoms with Crippen LogP contribution in [-0.2, 0) is 37.9 Å². The van der Waals surface area contributed by atoms with E-state index in [4.69, 9.17) is 49.5 Å². The van der Waals surface area contributed by atoms with Crippen molar-refractivity contribution in [3.05, 3.63) is 35.9 Å². The van der Waals surface area contributed by atoms with Crippen molar-refractivity contribution in [3.8, 4) is 0 Å². The molecule has 2 unspecified atom stereocenters. The minimum Gasteiger partial charge on any atom is -0.396 e. The van der Waals surface area contributed by atoms with Crippen molar-refractivity contribution in [2.24, 2.45) is 11.8 Å². The van der Waals surface area contributed by atoms with E-state index in [1.165, 1.54) is 0 Å². The van der Waals surface area contributed by atoms with Gasteiger partial charge in [-0.3, -0.25) is 4.79 Å². The molecule has 6 aliphatic rings. The molecule has 0 bridgehead atoms. The van der Waals surface area contributed by atoms with Crippen LogP contribution in [-0.4, -0.2) is 90.9 Å². The van der Waals surface area contributed by atoms with E-state index in [2.05, 4.69) is 6.92 Å². The molecule has 10 atom stereocenters. The molecule has 0 amide bonds. The standard InChI is InChI=1S/C12H20O4.C11H18O5.C7H5ClO.2CH4/c1-5-7-6-12(7)9-8(10(13-4)16-12)14-11(2,3)15-9;1-10(2)14-7-8(15-10)11(4-6(11)5-12)16-9(7)13-3;8-7(9)6-4-2-1-3-5-6;;/h7-10H,5-6H2,1-4H3;6-9,12H,4-5H2,1-3H3;1-5H;2*1H4/t7-,8?,9-,10-,12-;6-,7?,8+,9+,11+;;;/m10.../s1. The number of hydrogen-bond donors (Lipinski definition) is 1. The van der Waals surface area contributed by atoms with Crippen LogP contribution in [0.1, 0.15) is 79.1 Å². The lowest BCUT2D eigenvalue weighted by Gasteiger charge is -2.24. The maximum absolute atomic E-state index is 10.4. The predicted octanol–water partition coefficient (Wildman–Crippen LogP) is 5.28. The van der Waals surface area contributed by atoms with Gasteiger partial charge in [0.25, 0.3) is 5.24 Å². The van der Waals surface area contributed by atoms with Crippen molar-refractivity contribution >= 4 is 16.8 Å². The van der Waals surface area contributed by atoms with E-state index >= 15 is 0 Å². The number of carbonyl (C=O) groups excluding carboxylic acids is 1. The van der Waals surface area contributed by atoms with Gasteiger partial charge < -0.3 is 43.0 Å². The zero-order valence-electron chi connectivity index (χ0n) is 24.8. The molecule has 1 aromatic carbocycles. The first-order valence-corrected chi connectivity index (χ1v) is 14.7. The highest BCUT2D eigenvalue weighted by atomic mass is 35.5. The van der Waals surface area contributed by atoms with Gasteiger partial charge >= 0.3 is 0 Å². The molecular weight excluding hydrogens is 580 g/mol. The summed E-state index contributed by atoms with van der Waals surface area (Å²) in [6, 6.07) is 8.74. The average molecular weight is 631 g/mol. The Bertz CT molecular complexity index is 1030. The van der Waals surface area contributed by atoms with Crippen LogP contribution in [0.5, 0.6) is 0 Å². The summed E-state index contributed by atoms with van der Waals surface area (Å²) in [5.41, 5.74) is 0.0287. The zero-order valence-corrected chi connectivity index (χ0v) is 25.6. The van der Waals surface area contributed by atoms with Crippen LogP contribution in [0.4, 0.5) is 0 Å². The third-order valence-electron chi connectivity index (χ3n) is 8.80. The van der Waals surface area contributed by atoms with Gasteiger partial charge in [0.1, 0.15) is 35.6 Å². The minimum absolute atomic E-state index is 0. The maximum atomic E-state index is 10.4. The fourth-order valence-electron chi connectivity index (χ4n) is 6.71. The fourth-order valence-corrected chi connectivity index (χ4v) is 6.84. The van der Waals surface area contributed by atoms with Crippen molar-refractivity contribution in [3.63, 3.8) is 0 Å². The van der Waals surface area contributed by atoms with Gasteiger partial charge in [0.15, 0.2) is 24.2 Å². The first-order valence-electron chi connectivity index (χ1n) is 14.3. The lowest BCUT2D eigenvalue weighted by atomic mass is 10.1. The Morgan fingerprint density at radius 3 is 1.58 bits per heavy atom. The summed E-state index contributed by atoms with van der Waals surface area (Å²) in [5, 5.41) is 8.82. The number of methoxy groups -OCH3 is 2. The molecule has 4 saturated heterocycles. The number of hydrogen-bond acceptors (Lipinski definition) is 10. The van der Waals surface area contributed by atoms with Gasteiger partial charge in [-0.15, -0.1) is 0 Å². The second-order valence-electron chi connectivity index (χ2n) is 12.4. The van der Waals surface area contributed by atoms with Gasteiger partial charge in [0.2, 0.25) is 0 Å². The molecule has 2 aliphatic carbocycles. The number of aliphatic hydroxyl groups is 1. The first-order chi connectivity index (χ1) is 19.3. The number of aliphatic hydroxyl groups excluding tert-OH is 1. The molecule has 0 radical (unpaired) electrons. The Morgan fingerprint density at radius 2 is 1.26 bits per heavy atom. The van der Waals surface area contributed by atoms with E-state index in [0.29, 0.717) is 11.5 Å². The summed E-state index contributed by atoms with van der Waals surface area (Å²) >= 11 is 5.16. The second kappa shape index (κ2) is 13.3. The molecule has 246 valence electrons. The zero-order chi connectivity index (χ0) is 29.8. The lowest BCUT2D eigenvalue weighted by molar-refractivity contribution is -0.235. The number of halogens is 1. The van der Waals surface area contributed by atoms with E-state index in [-0.39, 0.29) is 75.6 Å². The Morgan fingerprint density at radius 1 is 0.814 bits per heavy atom. The third-order valence-corrected chi connectivity index (χ3v) is 9.02. The van der Waals surface area contributed by atoms with E-state index in [9.17, 15) is 9.90 Å². The van der Waals surface area contributed by atoms with Crippen molar-refractivity contribution in [1.82, 2.24) is 0 Å². The molecule has 11 heteroatoms. The molecule has 10 nitrogen and oxygen atoms in total. The van der Waals surface area contributed by atoms with E-state index in [0.717, 1.165) is 19.3 Å². The molecule has 7 rings (SSSR count). The van der Waals surface area contributed by atoms with Gasteiger partial charge in [-0.05, 0) is 58.1 Å². The van der Waals surface area contributed by atoms with Gasteiger partial charge in [0, 0.05) is 32.3 Å². The number of rotatable bonds is 5. The minimum atomic E-state index is -0.592. The highest BCUT2D eigenvalue weighted by Gasteiger charge is 2.74. The van der Waals surface area contributed by atoms with Crippen LogP contribution >= 0.6 is 11.6 Å². The summed E-state index contributed by atoms with van der Waals surface area (Å²) < 4.78 is 46.0. The second-order valence-corrected chi connectivity index (χ2v) is 12.8. The highest BCUT2D eigenvalue weighted by Crippen LogP contribution is 2.61. The molecule has 4 aliphatic heterocycles. The molecular formula is C32H51ClO10. The summed E-state index contributed by atoms with van der Waals surface area (Å²) in [5.74, 6) is -0.356. The van der Waals surface area contributed by atoms with Gasteiger partial charge in [-0.2, -0.15) is 0 Å². The third kappa shape index (κ3) is 6.84. The van der Waals surface area contributed by atoms with Crippen LogP contribution in [0, 0.1) is 11.8 Å². The lowest BCUT2D eigenvalue weighted by Crippen LogP contribution is -2.33. The Balaban J connectivity index is 0.000000180. The topological polar surface area (TPSA) is 111 Å². The largest absolute Gasteiger partial charge is 0.396 e. The number of benzene rings is 1. The highest BCUT2D eigenvalue weighted by molar-refractivity contribution is 6.67. The Labute approximate surface area is 261 Å². The molecule has 2 spiro atoms. The molecule has 1 N–H and O–H groups in total. The number of ether oxygens (including phenoxy) is 8. The van der Waals surface area contributed by atoms with E-state index in [1.54, 1.807) is 38.5 Å². The molecule has 43 heavy (non-hydrogen) atoms. The Hall–Kier alpha value is -1.18. The average Bonchev–Trinajstić information content (AvgIpc) is 3.68. The van der Waals surface area contributed by atoms with Crippen LogP contribution in [0.2, 0.25) is 0 Å². The number of fused-ring (bicyclic) bond motifs is 4. The van der Waals surface area contributed by atoms with Crippen molar-refractivity contribution in [2.45, 2.75) is 129 Å².